The van der Waals surface area contributed by atoms with Crippen molar-refractivity contribution in [3.05, 3.63) is 13.2 Å². The van der Waals surface area contributed by atoms with E-state index in [9.17, 15) is 0 Å². The summed E-state index contributed by atoms with van der Waals surface area (Å²) in [5.41, 5.74) is 0. The maximum atomic E-state index is 5.50. The molecule has 0 N–H and O–H groups in total. The van der Waals surface area contributed by atoms with Crippen molar-refractivity contribution in [2.45, 2.75) is 0 Å². The molecule has 0 aliphatic heterocycles. The molecule has 0 saturated carbocycles. The zero-order valence-electron chi connectivity index (χ0n) is 2.46. The molecule has 0 aliphatic carbocycles. The van der Waals surface area contributed by atoms with Gasteiger partial charge in [-0.05, 0) is 6.58 Å². The SMILES string of the molecule is [C]=C.[Cl-].[Cl-].[Ti+2]. The van der Waals surface area contributed by atoms with Crippen LogP contribution in [0.2, 0.25) is 0 Å². The van der Waals surface area contributed by atoms with Crippen molar-refractivity contribution in [3.63, 3.8) is 0 Å². The minimum Gasteiger partial charge on any atom is -1.00 e. The van der Waals surface area contributed by atoms with Crippen LogP contribution in [0.4, 0.5) is 0 Å². The van der Waals surface area contributed by atoms with Crippen LogP contribution in [0.3, 0.4) is 0 Å². The van der Waals surface area contributed by atoms with Gasteiger partial charge in [0.25, 0.3) is 0 Å². The van der Waals surface area contributed by atoms with Crippen molar-refractivity contribution < 1.29 is 46.5 Å². The Bertz CT molecular complexity index is 7.61. The van der Waals surface area contributed by atoms with Crippen LogP contribution in [0.1, 0.15) is 0 Å². The molecule has 0 amide bonds. The summed E-state index contributed by atoms with van der Waals surface area (Å²) < 4.78 is 0. The van der Waals surface area contributed by atoms with Crippen molar-refractivity contribution in [2.75, 3.05) is 0 Å². The molecule has 28 valence electrons. The average Bonchev–Trinajstić information content (AvgIpc) is 1.00. The van der Waals surface area contributed by atoms with Gasteiger partial charge in [0.1, 0.15) is 0 Å². The second kappa shape index (κ2) is 76.6. The van der Waals surface area contributed by atoms with E-state index in [2.05, 4.69) is 6.58 Å². The van der Waals surface area contributed by atoms with Crippen LogP contribution in [-0.4, -0.2) is 0 Å². The van der Waals surface area contributed by atoms with Crippen molar-refractivity contribution in [1.29, 1.82) is 0 Å². The van der Waals surface area contributed by atoms with Gasteiger partial charge in [-0.3, -0.25) is 0 Å². The Balaban J connectivity index is -0.00000000167. The molecular weight excluding hydrogens is 143 g/mol. The Morgan fingerprint density at radius 1 is 1.00 bits per heavy atom. The summed E-state index contributed by atoms with van der Waals surface area (Å²) in [6.07, 6.45) is 0. The van der Waals surface area contributed by atoms with Crippen LogP contribution < -0.4 is 24.8 Å². The third kappa shape index (κ3) is 43.3. The van der Waals surface area contributed by atoms with Crippen LogP contribution in [0.15, 0.2) is 6.58 Å². The molecule has 3 heteroatoms. The zero-order valence-corrected chi connectivity index (χ0v) is 5.54. The molecule has 0 aromatic carbocycles. The van der Waals surface area contributed by atoms with Crippen molar-refractivity contribution in [1.82, 2.24) is 0 Å². The molecule has 0 aromatic rings. The van der Waals surface area contributed by atoms with Gasteiger partial charge < -0.3 is 24.8 Å². The Hall–Kier alpha value is 1.03. The summed E-state index contributed by atoms with van der Waals surface area (Å²) >= 11 is 0. The molecule has 0 aliphatic rings. The third-order valence-corrected chi connectivity index (χ3v) is 0. The summed E-state index contributed by atoms with van der Waals surface area (Å²) in [6, 6.07) is 0. The molecule has 0 rings (SSSR count). The molecule has 5 heavy (non-hydrogen) atoms. The van der Waals surface area contributed by atoms with E-state index >= 15 is 0 Å². The van der Waals surface area contributed by atoms with E-state index in [4.69, 9.17) is 6.58 Å². The Kier molecular flexibility index (Phi) is 566. The second-order valence-electron chi connectivity index (χ2n) is 0. The molecule has 0 bridgehead atoms. The molecule has 0 unspecified atom stereocenters. The first kappa shape index (κ1) is 37.0. The fourth-order valence-corrected chi connectivity index (χ4v) is 0. The molecule has 0 heterocycles. The summed E-state index contributed by atoms with van der Waals surface area (Å²) in [5, 5.41) is 0. The Labute approximate surface area is 59.7 Å². The van der Waals surface area contributed by atoms with Gasteiger partial charge in [0.2, 0.25) is 0 Å². The standard InChI is InChI=1S/C2H2.2ClH.Ti/c1-2;;;/h1H2;2*1H;/q;;;+2/p-2. The number of hydrogen-bond donors (Lipinski definition) is 0. The largest absolute Gasteiger partial charge is 2.00 e. The van der Waals surface area contributed by atoms with E-state index in [1.807, 2.05) is 0 Å². The van der Waals surface area contributed by atoms with Crippen LogP contribution in [0, 0.1) is 6.58 Å². The quantitative estimate of drug-likeness (QED) is 0.298. The monoisotopic (exact) mass is 144 g/mol. The van der Waals surface area contributed by atoms with Crippen molar-refractivity contribution in [2.24, 2.45) is 0 Å². The van der Waals surface area contributed by atoms with Gasteiger partial charge >= 0.3 is 21.7 Å². The predicted molar refractivity (Wildman–Crippen MR) is 8.87 cm³/mol. The minimum atomic E-state index is 0. The van der Waals surface area contributed by atoms with Crippen LogP contribution >= 0.6 is 0 Å². The van der Waals surface area contributed by atoms with E-state index < -0.39 is 0 Å². The third-order valence-electron chi connectivity index (χ3n) is 0. The molecule has 0 aromatic heterocycles. The van der Waals surface area contributed by atoms with E-state index in [1.165, 1.54) is 0 Å². The fraction of sp³-hybridized carbons (Fsp3) is 0. The van der Waals surface area contributed by atoms with Gasteiger partial charge in [-0.2, -0.15) is 0 Å². The maximum absolute atomic E-state index is 5.50. The fourth-order valence-electron chi connectivity index (χ4n) is 0. The summed E-state index contributed by atoms with van der Waals surface area (Å²) in [7, 11) is 0. The summed E-state index contributed by atoms with van der Waals surface area (Å²) in [4.78, 5) is 0. The first-order valence-corrected chi connectivity index (χ1v) is 0.354. The van der Waals surface area contributed by atoms with Crippen LogP contribution in [0.5, 0.6) is 0 Å². The molecule has 0 saturated heterocycles. The molecule has 0 spiro atoms. The van der Waals surface area contributed by atoms with Crippen molar-refractivity contribution in [3.8, 4) is 0 Å². The van der Waals surface area contributed by atoms with Gasteiger partial charge in [0.05, 0.1) is 0 Å². The summed E-state index contributed by atoms with van der Waals surface area (Å²) in [6.45, 7) is 8.00. The molecule has 0 fully saturated rings. The van der Waals surface area contributed by atoms with Gasteiger partial charge in [-0.25, -0.2) is 0 Å². The van der Waals surface area contributed by atoms with E-state index in [1.54, 1.807) is 0 Å². The summed E-state index contributed by atoms with van der Waals surface area (Å²) in [5.74, 6) is 0. The van der Waals surface area contributed by atoms with Crippen LogP contribution in [0.25, 0.3) is 0 Å². The average molecular weight is 145 g/mol. The second-order valence-corrected chi connectivity index (χ2v) is 0. The maximum Gasteiger partial charge on any atom is 2.00 e. The van der Waals surface area contributed by atoms with Crippen LogP contribution in [-0.2, 0) is 21.7 Å². The first-order chi connectivity index (χ1) is 1.00. The Morgan fingerprint density at radius 2 is 1.00 bits per heavy atom. The van der Waals surface area contributed by atoms with Gasteiger partial charge in [0, 0.05) is 0 Å². The van der Waals surface area contributed by atoms with E-state index in [0.29, 0.717) is 0 Å². The smallest absolute Gasteiger partial charge is 1.00 e. The van der Waals surface area contributed by atoms with Crippen molar-refractivity contribution >= 4 is 0 Å². The van der Waals surface area contributed by atoms with E-state index in [-0.39, 0.29) is 46.5 Å². The number of rotatable bonds is 0. The molecular formula is C2H2Cl2Ti. The first-order valence-electron chi connectivity index (χ1n) is 0.354. The topological polar surface area (TPSA) is 0 Å². The molecule has 0 nitrogen and oxygen atoms in total. The predicted octanol–water partition coefficient (Wildman–Crippen LogP) is -5.51. The number of halogens is 2. The van der Waals surface area contributed by atoms with Gasteiger partial charge in [-0.15, -0.1) is 0 Å². The normalized spacial score (nSPS) is 0.800. The van der Waals surface area contributed by atoms with Gasteiger partial charge in [0.15, 0.2) is 0 Å². The Morgan fingerprint density at radius 3 is 1.00 bits per heavy atom. The zero-order chi connectivity index (χ0) is 2.00. The molecule has 0 atom stereocenters. The molecule has 2 radical (unpaired) electrons. The number of hydrogen-bond acceptors (Lipinski definition) is 0. The minimum absolute atomic E-state index is 0. The van der Waals surface area contributed by atoms with Gasteiger partial charge in [-0.1, -0.05) is 6.58 Å². The van der Waals surface area contributed by atoms with E-state index in [0.717, 1.165) is 0 Å².